The van der Waals surface area contributed by atoms with Crippen LogP contribution in [0.15, 0.2) is 66.7 Å². The van der Waals surface area contributed by atoms with E-state index in [1.807, 2.05) is 42.5 Å². The number of amides is 2. The normalized spacial score (nSPS) is 13.9. The van der Waals surface area contributed by atoms with E-state index in [0.29, 0.717) is 49.5 Å². The van der Waals surface area contributed by atoms with Gasteiger partial charge in [-0.15, -0.1) is 0 Å². The van der Waals surface area contributed by atoms with Gasteiger partial charge in [-0.3, -0.25) is 9.59 Å². The van der Waals surface area contributed by atoms with Crippen molar-refractivity contribution in [2.75, 3.05) is 26.2 Å². The van der Waals surface area contributed by atoms with Crippen molar-refractivity contribution in [1.82, 2.24) is 19.6 Å². The third kappa shape index (κ3) is 4.51. The van der Waals surface area contributed by atoms with Crippen LogP contribution in [0.4, 0.5) is 4.39 Å². The summed E-state index contributed by atoms with van der Waals surface area (Å²) in [6.45, 7) is 3.78. The number of carbonyl (C=O) groups is 2. The Hall–Kier alpha value is -3.71. The van der Waals surface area contributed by atoms with Gasteiger partial charge in [-0.25, -0.2) is 9.07 Å². The Morgan fingerprint density at radius 1 is 0.886 bits per heavy atom. The summed E-state index contributed by atoms with van der Waals surface area (Å²) in [4.78, 5) is 30.0. The quantitative estimate of drug-likeness (QED) is 0.413. The lowest BCUT2D eigenvalue weighted by molar-refractivity contribution is 0.0536. The van der Waals surface area contributed by atoms with Crippen LogP contribution in [0.5, 0.6) is 0 Å². The number of halogens is 2. The number of piperazine rings is 1. The standard InChI is InChI=1S/C27H24ClFN4O2/c1-18-24(25(28)33(30-18)17-19-9-11-21(29)12-10-19)27(35)32-15-13-31(14-16-32)26(34)23-8-4-6-20-5-2-3-7-22(20)23/h2-12H,13-17H2,1H3. The van der Waals surface area contributed by atoms with Gasteiger partial charge in [0.25, 0.3) is 11.8 Å². The van der Waals surface area contributed by atoms with E-state index in [-0.39, 0.29) is 22.8 Å². The third-order valence-electron chi connectivity index (χ3n) is 6.40. The number of nitrogens with zero attached hydrogens (tertiary/aromatic N) is 4. The van der Waals surface area contributed by atoms with Crippen LogP contribution in [0.25, 0.3) is 10.8 Å². The Morgan fingerprint density at radius 2 is 1.51 bits per heavy atom. The largest absolute Gasteiger partial charge is 0.335 e. The first-order valence-corrected chi connectivity index (χ1v) is 11.8. The van der Waals surface area contributed by atoms with Crippen LogP contribution >= 0.6 is 11.6 Å². The highest BCUT2D eigenvalue weighted by Gasteiger charge is 2.30. The van der Waals surface area contributed by atoms with Crippen molar-refractivity contribution in [2.24, 2.45) is 0 Å². The second-order valence-corrected chi connectivity index (χ2v) is 9.00. The van der Waals surface area contributed by atoms with Crippen molar-refractivity contribution in [1.29, 1.82) is 0 Å². The van der Waals surface area contributed by atoms with Crippen LogP contribution in [0.2, 0.25) is 5.15 Å². The van der Waals surface area contributed by atoms with E-state index < -0.39 is 0 Å². The highest BCUT2D eigenvalue weighted by molar-refractivity contribution is 6.33. The lowest BCUT2D eigenvalue weighted by atomic mass is 10.0. The summed E-state index contributed by atoms with van der Waals surface area (Å²) in [7, 11) is 0. The Bertz CT molecular complexity index is 1400. The van der Waals surface area contributed by atoms with Gasteiger partial charge >= 0.3 is 0 Å². The van der Waals surface area contributed by atoms with E-state index in [9.17, 15) is 14.0 Å². The van der Waals surface area contributed by atoms with Crippen molar-refractivity contribution >= 4 is 34.2 Å². The Morgan fingerprint density at radius 3 is 2.23 bits per heavy atom. The lowest BCUT2D eigenvalue weighted by Gasteiger charge is -2.35. The zero-order valence-corrected chi connectivity index (χ0v) is 20.0. The zero-order chi connectivity index (χ0) is 24.5. The fourth-order valence-electron chi connectivity index (χ4n) is 4.52. The summed E-state index contributed by atoms with van der Waals surface area (Å²) in [6.07, 6.45) is 0. The van der Waals surface area contributed by atoms with E-state index in [1.54, 1.807) is 33.5 Å². The minimum atomic E-state index is -0.314. The summed E-state index contributed by atoms with van der Waals surface area (Å²) in [5, 5.41) is 6.64. The van der Waals surface area contributed by atoms with Gasteiger partial charge < -0.3 is 9.80 Å². The van der Waals surface area contributed by atoms with Gasteiger partial charge in [-0.05, 0) is 41.5 Å². The number of fused-ring (bicyclic) bond motifs is 1. The third-order valence-corrected chi connectivity index (χ3v) is 6.78. The Balaban J connectivity index is 1.28. The van der Waals surface area contributed by atoms with Crippen molar-refractivity contribution in [2.45, 2.75) is 13.5 Å². The summed E-state index contributed by atoms with van der Waals surface area (Å²) < 4.78 is 14.8. The number of carbonyl (C=O) groups excluding carboxylic acids is 2. The van der Waals surface area contributed by atoms with E-state index in [1.165, 1.54) is 12.1 Å². The smallest absolute Gasteiger partial charge is 0.259 e. The summed E-state index contributed by atoms with van der Waals surface area (Å²) in [5.74, 6) is -0.546. The molecule has 1 aliphatic heterocycles. The zero-order valence-electron chi connectivity index (χ0n) is 19.2. The average Bonchev–Trinajstić information content (AvgIpc) is 3.16. The Labute approximate surface area is 207 Å². The highest BCUT2D eigenvalue weighted by atomic mass is 35.5. The first-order valence-electron chi connectivity index (χ1n) is 11.5. The molecule has 1 fully saturated rings. The monoisotopic (exact) mass is 490 g/mol. The Kier molecular flexibility index (Phi) is 6.26. The molecule has 3 aromatic carbocycles. The van der Waals surface area contributed by atoms with E-state index in [2.05, 4.69) is 5.10 Å². The molecule has 0 aliphatic carbocycles. The van der Waals surface area contributed by atoms with Crippen molar-refractivity contribution < 1.29 is 14.0 Å². The molecular weight excluding hydrogens is 467 g/mol. The maximum Gasteiger partial charge on any atom is 0.259 e. The van der Waals surface area contributed by atoms with Crippen LogP contribution in [0.1, 0.15) is 32.0 Å². The topological polar surface area (TPSA) is 58.4 Å². The molecule has 5 rings (SSSR count). The number of aryl methyl sites for hydroxylation is 1. The molecule has 2 amide bonds. The number of benzene rings is 3. The first kappa shape index (κ1) is 23.1. The molecule has 1 saturated heterocycles. The molecule has 8 heteroatoms. The maximum atomic E-state index is 13.3. The fourth-order valence-corrected chi connectivity index (χ4v) is 4.83. The molecule has 0 atom stereocenters. The van der Waals surface area contributed by atoms with Gasteiger partial charge in [0.2, 0.25) is 0 Å². The molecule has 6 nitrogen and oxygen atoms in total. The summed E-state index contributed by atoms with van der Waals surface area (Å²) in [5.41, 5.74) is 2.40. The predicted octanol–water partition coefficient (Wildman–Crippen LogP) is 4.78. The molecule has 0 N–H and O–H groups in total. The minimum Gasteiger partial charge on any atom is -0.335 e. The molecular formula is C27H24ClFN4O2. The summed E-state index contributed by atoms with van der Waals surface area (Å²) >= 11 is 6.55. The number of rotatable bonds is 4. The first-order chi connectivity index (χ1) is 16.9. The molecule has 0 radical (unpaired) electrons. The van der Waals surface area contributed by atoms with Gasteiger partial charge in [-0.1, -0.05) is 60.1 Å². The molecule has 4 aromatic rings. The van der Waals surface area contributed by atoms with Crippen molar-refractivity contribution in [3.05, 3.63) is 100 Å². The molecule has 1 aliphatic rings. The van der Waals surface area contributed by atoms with Gasteiger partial charge in [0.1, 0.15) is 11.0 Å². The minimum absolute atomic E-state index is 0.0322. The molecule has 0 spiro atoms. The van der Waals surface area contributed by atoms with Gasteiger partial charge in [0.05, 0.1) is 17.8 Å². The molecule has 0 saturated carbocycles. The highest BCUT2D eigenvalue weighted by Crippen LogP contribution is 2.25. The number of aromatic nitrogens is 2. The van der Waals surface area contributed by atoms with Gasteiger partial charge in [0.15, 0.2) is 0 Å². The SMILES string of the molecule is Cc1nn(Cc2ccc(F)cc2)c(Cl)c1C(=O)N1CCN(C(=O)c2cccc3ccccc23)CC1. The molecule has 35 heavy (non-hydrogen) atoms. The fraction of sp³-hybridized carbons (Fsp3) is 0.222. The van der Waals surface area contributed by atoms with Gasteiger partial charge in [0, 0.05) is 31.7 Å². The number of hydrogen-bond acceptors (Lipinski definition) is 3. The number of hydrogen-bond donors (Lipinski definition) is 0. The predicted molar refractivity (Wildman–Crippen MR) is 133 cm³/mol. The maximum absolute atomic E-state index is 13.3. The van der Waals surface area contributed by atoms with Crippen LogP contribution in [0, 0.1) is 12.7 Å². The van der Waals surface area contributed by atoms with E-state index in [0.717, 1.165) is 16.3 Å². The van der Waals surface area contributed by atoms with Gasteiger partial charge in [-0.2, -0.15) is 5.10 Å². The van der Waals surface area contributed by atoms with Crippen molar-refractivity contribution in [3.63, 3.8) is 0 Å². The average molecular weight is 491 g/mol. The molecule has 0 unspecified atom stereocenters. The molecule has 0 bridgehead atoms. The van der Waals surface area contributed by atoms with E-state index in [4.69, 9.17) is 11.6 Å². The molecule has 1 aromatic heterocycles. The van der Waals surface area contributed by atoms with Crippen LogP contribution in [-0.4, -0.2) is 57.6 Å². The second-order valence-electron chi connectivity index (χ2n) is 8.65. The second kappa shape index (κ2) is 9.50. The van der Waals surface area contributed by atoms with Crippen LogP contribution in [0.3, 0.4) is 0 Å². The van der Waals surface area contributed by atoms with Crippen LogP contribution in [-0.2, 0) is 6.54 Å². The van der Waals surface area contributed by atoms with Crippen LogP contribution < -0.4 is 0 Å². The van der Waals surface area contributed by atoms with Crippen molar-refractivity contribution in [3.8, 4) is 0 Å². The molecule has 178 valence electrons. The molecule has 2 heterocycles. The lowest BCUT2D eigenvalue weighted by Crippen LogP contribution is -2.50. The van der Waals surface area contributed by atoms with E-state index >= 15 is 0 Å². The summed E-state index contributed by atoms with van der Waals surface area (Å²) in [6, 6.07) is 19.6.